The molecule has 1 fully saturated rings. The van der Waals surface area contributed by atoms with E-state index in [1.165, 1.54) is 17.3 Å². The molecule has 6 nitrogen and oxygen atoms in total. The monoisotopic (exact) mass is 378 g/mol. The summed E-state index contributed by atoms with van der Waals surface area (Å²) in [5.74, 6) is -0.504. The SMILES string of the molecule is Cc1cc(F)ccc1S(=O)(=O)NCCN(C1CCCC1)S(C)(=O)=O. The maximum Gasteiger partial charge on any atom is 0.240 e. The normalized spacial score (nSPS) is 16.8. The lowest BCUT2D eigenvalue weighted by atomic mass is 10.2. The standard InChI is InChI=1S/C15H23FN2O4S2/c1-12-11-13(16)7-8-15(12)24(21,22)17-9-10-18(23(2,19)20)14-5-3-4-6-14/h7-8,11,14,17H,3-6,9-10H2,1-2H3. The third kappa shape index (κ3) is 4.75. The number of sulfonamides is 2. The van der Waals surface area contributed by atoms with Gasteiger partial charge in [0.15, 0.2) is 0 Å². The average Bonchev–Trinajstić information content (AvgIpc) is 2.95. The molecule has 1 N–H and O–H groups in total. The minimum Gasteiger partial charge on any atom is -0.212 e. The molecular weight excluding hydrogens is 355 g/mol. The minimum absolute atomic E-state index is 0.00401. The third-order valence-electron chi connectivity index (χ3n) is 4.21. The topological polar surface area (TPSA) is 83.6 Å². The maximum atomic E-state index is 13.1. The minimum atomic E-state index is -3.81. The van der Waals surface area contributed by atoms with Crippen molar-refractivity contribution in [2.24, 2.45) is 0 Å². The number of hydrogen-bond donors (Lipinski definition) is 1. The van der Waals surface area contributed by atoms with Gasteiger partial charge in [0.25, 0.3) is 0 Å². The van der Waals surface area contributed by atoms with Crippen molar-refractivity contribution >= 4 is 20.0 Å². The van der Waals surface area contributed by atoms with E-state index in [2.05, 4.69) is 4.72 Å². The van der Waals surface area contributed by atoms with Gasteiger partial charge in [-0.05, 0) is 43.5 Å². The van der Waals surface area contributed by atoms with E-state index >= 15 is 0 Å². The Morgan fingerprint density at radius 3 is 2.38 bits per heavy atom. The molecule has 24 heavy (non-hydrogen) atoms. The Morgan fingerprint density at radius 1 is 1.21 bits per heavy atom. The van der Waals surface area contributed by atoms with Gasteiger partial charge in [0, 0.05) is 19.1 Å². The number of nitrogens with one attached hydrogen (secondary N) is 1. The molecule has 0 spiro atoms. The molecule has 0 radical (unpaired) electrons. The van der Waals surface area contributed by atoms with E-state index < -0.39 is 25.9 Å². The number of hydrogen-bond acceptors (Lipinski definition) is 4. The highest BCUT2D eigenvalue weighted by atomic mass is 32.2. The van der Waals surface area contributed by atoms with Gasteiger partial charge in [0.2, 0.25) is 20.0 Å². The van der Waals surface area contributed by atoms with Crippen molar-refractivity contribution in [1.82, 2.24) is 9.03 Å². The number of rotatable bonds is 7. The van der Waals surface area contributed by atoms with Gasteiger partial charge in [-0.15, -0.1) is 0 Å². The van der Waals surface area contributed by atoms with Crippen LogP contribution in [0.5, 0.6) is 0 Å². The summed E-state index contributed by atoms with van der Waals surface area (Å²) in [5, 5.41) is 0. The van der Waals surface area contributed by atoms with E-state index in [1.807, 2.05) is 0 Å². The Hall–Kier alpha value is -1.03. The molecule has 1 saturated carbocycles. The molecule has 2 rings (SSSR count). The highest BCUT2D eigenvalue weighted by Crippen LogP contribution is 2.25. The fourth-order valence-electron chi connectivity index (χ4n) is 3.09. The first-order valence-electron chi connectivity index (χ1n) is 7.84. The largest absolute Gasteiger partial charge is 0.240 e. The molecule has 0 aromatic heterocycles. The Kier molecular flexibility index (Phi) is 6.00. The lowest BCUT2D eigenvalue weighted by Gasteiger charge is -2.26. The molecule has 1 aliphatic carbocycles. The molecule has 1 aromatic carbocycles. The van der Waals surface area contributed by atoms with E-state index in [9.17, 15) is 21.2 Å². The van der Waals surface area contributed by atoms with Crippen LogP contribution in [0.15, 0.2) is 23.1 Å². The summed E-state index contributed by atoms with van der Waals surface area (Å²) in [6, 6.07) is 3.38. The van der Waals surface area contributed by atoms with Crippen molar-refractivity contribution < 1.29 is 21.2 Å². The molecule has 0 amide bonds. The molecule has 0 aliphatic heterocycles. The summed E-state index contributed by atoms with van der Waals surface area (Å²) >= 11 is 0. The lowest BCUT2D eigenvalue weighted by molar-refractivity contribution is 0.328. The number of halogens is 1. The fraction of sp³-hybridized carbons (Fsp3) is 0.600. The zero-order chi connectivity index (χ0) is 18.0. The Labute approximate surface area is 143 Å². The van der Waals surface area contributed by atoms with Crippen molar-refractivity contribution in [1.29, 1.82) is 0 Å². The molecule has 0 bridgehead atoms. The highest BCUT2D eigenvalue weighted by Gasteiger charge is 2.29. The van der Waals surface area contributed by atoms with Crippen LogP contribution in [0.25, 0.3) is 0 Å². The van der Waals surface area contributed by atoms with Crippen LogP contribution in [0.4, 0.5) is 4.39 Å². The average molecular weight is 378 g/mol. The first kappa shape index (κ1) is 19.3. The lowest BCUT2D eigenvalue weighted by Crippen LogP contribution is -2.43. The van der Waals surface area contributed by atoms with Crippen LogP contribution in [0.2, 0.25) is 0 Å². The van der Waals surface area contributed by atoms with E-state index in [-0.39, 0.29) is 24.0 Å². The van der Waals surface area contributed by atoms with Gasteiger partial charge in [-0.25, -0.2) is 25.9 Å². The molecule has 1 aliphatic rings. The van der Waals surface area contributed by atoms with Crippen LogP contribution >= 0.6 is 0 Å². The van der Waals surface area contributed by atoms with Crippen molar-refractivity contribution in [3.63, 3.8) is 0 Å². The van der Waals surface area contributed by atoms with Crippen molar-refractivity contribution in [2.45, 2.75) is 43.5 Å². The zero-order valence-electron chi connectivity index (χ0n) is 13.8. The highest BCUT2D eigenvalue weighted by molar-refractivity contribution is 7.89. The van der Waals surface area contributed by atoms with Gasteiger partial charge in [-0.2, -0.15) is 4.31 Å². The molecule has 0 heterocycles. The summed E-state index contributed by atoms with van der Waals surface area (Å²) in [5.41, 5.74) is 0.304. The van der Waals surface area contributed by atoms with Crippen LogP contribution < -0.4 is 4.72 Å². The second-order valence-corrected chi connectivity index (χ2v) is 9.79. The van der Waals surface area contributed by atoms with Crippen molar-refractivity contribution in [3.05, 3.63) is 29.6 Å². The summed E-state index contributed by atoms with van der Waals surface area (Å²) in [7, 11) is -7.21. The summed E-state index contributed by atoms with van der Waals surface area (Å²) < 4.78 is 65.4. The fourth-order valence-corrected chi connectivity index (χ4v) is 5.51. The molecule has 0 saturated heterocycles. The zero-order valence-corrected chi connectivity index (χ0v) is 15.5. The molecule has 0 atom stereocenters. The second kappa shape index (κ2) is 7.47. The molecule has 136 valence electrons. The van der Waals surface area contributed by atoms with E-state index in [0.29, 0.717) is 5.56 Å². The number of benzene rings is 1. The summed E-state index contributed by atoms with van der Waals surface area (Å²) in [6.45, 7) is 1.57. The third-order valence-corrected chi connectivity index (χ3v) is 7.16. The van der Waals surface area contributed by atoms with Crippen LogP contribution in [-0.4, -0.2) is 46.5 Å². The predicted molar refractivity (Wildman–Crippen MR) is 90.1 cm³/mol. The van der Waals surface area contributed by atoms with Crippen molar-refractivity contribution in [2.75, 3.05) is 19.3 Å². The van der Waals surface area contributed by atoms with E-state index in [0.717, 1.165) is 44.1 Å². The second-order valence-electron chi connectivity index (χ2n) is 6.12. The molecule has 0 unspecified atom stereocenters. The predicted octanol–water partition coefficient (Wildman–Crippen LogP) is 1.62. The van der Waals surface area contributed by atoms with Gasteiger partial charge in [0.1, 0.15) is 5.82 Å². The Balaban J connectivity index is 2.05. The van der Waals surface area contributed by atoms with Crippen LogP contribution in [0, 0.1) is 12.7 Å². The molecular formula is C15H23FN2O4S2. The van der Waals surface area contributed by atoms with Crippen LogP contribution in [-0.2, 0) is 20.0 Å². The van der Waals surface area contributed by atoms with Gasteiger partial charge in [0.05, 0.1) is 11.2 Å². The van der Waals surface area contributed by atoms with E-state index in [1.54, 1.807) is 0 Å². The smallest absolute Gasteiger partial charge is 0.212 e. The molecule has 9 heteroatoms. The first-order chi connectivity index (χ1) is 11.1. The van der Waals surface area contributed by atoms with Crippen molar-refractivity contribution in [3.8, 4) is 0 Å². The van der Waals surface area contributed by atoms with E-state index in [4.69, 9.17) is 0 Å². The number of aryl methyl sites for hydroxylation is 1. The van der Waals surface area contributed by atoms with Gasteiger partial charge >= 0.3 is 0 Å². The Morgan fingerprint density at radius 2 is 1.83 bits per heavy atom. The van der Waals surface area contributed by atoms with Gasteiger partial charge in [-0.3, -0.25) is 0 Å². The van der Waals surface area contributed by atoms with Gasteiger partial charge < -0.3 is 0 Å². The maximum absolute atomic E-state index is 13.1. The van der Waals surface area contributed by atoms with Crippen LogP contribution in [0.1, 0.15) is 31.2 Å². The van der Waals surface area contributed by atoms with Gasteiger partial charge in [-0.1, -0.05) is 12.8 Å². The number of nitrogens with zero attached hydrogens (tertiary/aromatic N) is 1. The summed E-state index contributed by atoms with van der Waals surface area (Å²) in [6.07, 6.45) is 4.71. The first-order valence-corrected chi connectivity index (χ1v) is 11.2. The van der Waals surface area contributed by atoms with Crippen LogP contribution in [0.3, 0.4) is 0 Å². The molecule has 1 aromatic rings. The Bertz CT molecular complexity index is 788. The quantitative estimate of drug-likeness (QED) is 0.781. The summed E-state index contributed by atoms with van der Waals surface area (Å²) in [4.78, 5) is -0.00401.